The first-order valence-electron chi connectivity index (χ1n) is 7.67. The van der Waals surface area contributed by atoms with Crippen molar-refractivity contribution in [3.8, 4) is 0 Å². The molecule has 0 saturated carbocycles. The molecule has 0 aliphatic carbocycles. The zero-order valence-electron chi connectivity index (χ0n) is 13.1. The van der Waals surface area contributed by atoms with E-state index in [1.807, 2.05) is 24.4 Å². The van der Waals surface area contributed by atoms with Crippen molar-refractivity contribution in [2.75, 3.05) is 13.6 Å². The number of likely N-dealkylation sites (N-methyl/N-ethyl adjacent to an activating group) is 1. The van der Waals surface area contributed by atoms with E-state index in [0.29, 0.717) is 12.1 Å². The molecule has 0 fully saturated rings. The fraction of sp³-hybridized carbons (Fsp3) is 0.211. The topological polar surface area (TPSA) is 36.1 Å². The molecular formula is C19H19FN2O. The zero-order chi connectivity index (χ0) is 16.2. The summed E-state index contributed by atoms with van der Waals surface area (Å²) in [4.78, 5) is 17.2. The van der Waals surface area contributed by atoms with Gasteiger partial charge in [0, 0.05) is 30.7 Å². The lowest BCUT2D eigenvalue weighted by molar-refractivity contribution is -0.129. The van der Waals surface area contributed by atoms with Gasteiger partial charge >= 0.3 is 0 Å². The first kappa shape index (κ1) is 15.3. The van der Waals surface area contributed by atoms with Crippen molar-refractivity contribution in [2.24, 2.45) is 0 Å². The van der Waals surface area contributed by atoms with E-state index in [1.165, 1.54) is 23.1 Å². The van der Waals surface area contributed by atoms with Gasteiger partial charge in [-0.05, 0) is 35.7 Å². The largest absolute Gasteiger partial charge is 0.361 e. The molecule has 4 heteroatoms. The number of rotatable bonds is 5. The summed E-state index contributed by atoms with van der Waals surface area (Å²) in [6.45, 7) is 0.635. The van der Waals surface area contributed by atoms with Gasteiger partial charge in [-0.25, -0.2) is 4.39 Å². The number of nitrogens with zero attached hydrogens (tertiary/aromatic N) is 1. The Morgan fingerprint density at radius 2 is 2.00 bits per heavy atom. The number of halogens is 1. The Hall–Kier alpha value is -2.62. The van der Waals surface area contributed by atoms with Crippen molar-refractivity contribution in [2.45, 2.75) is 12.8 Å². The number of aromatic nitrogens is 1. The summed E-state index contributed by atoms with van der Waals surface area (Å²) in [5.74, 6) is -0.313. The molecule has 3 nitrogen and oxygen atoms in total. The molecule has 0 radical (unpaired) electrons. The van der Waals surface area contributed by atoms with Crippen molar-refractivity contribution in [3.63, 3.8) is 0 Å². The predicted octanol–water partition coefficient (Wildman–Crippen LogP) is 3.55. The molecule has 1 N–H and O–H groups in total. The van der Waals surface area contributed by atoms with Gasteiger partial charge in [0.15, 0.2) is 0 Å². The number of para-hydroxylation sites is 1. The molecule has 0 unspecified atom stereocenters. The van der Waals surface area contributed by atoms with Crippen molar-refractivity contribution in [1.29, 1.82) is 0 Å². The minimum atomic E-state index is -0.309. The van der Waals surface area contributed by atoms with Gasteiger partial charge in [-0.2, -0.15) is 0 Å². The lowest BCUT2D eigenvalue weighted by atomic mass is 10.1. The van der Waals surface area contributed by atoms with E-state index in [9.17, 15) is 9.18 Å². The molecule has 0 atom stereocenters. The summed E-state index contributed by atoms with van der Waals surface area (Å²) in [6, 6.07) is 14.3. The predicted molar refractivity (Wildman–Crippen MR) is 89.7 cm³/mol. The monoisotopic (exact) mass is 310 g/mol. The van der Waals surface area contributed by atoms with Gasteiger partial charge < -0.3 is 9.88 Å². The summed E-state index contributed by atoms with van der Waals surface area (Å²) >= 11 is 0. The Bertz CT molecular complexity index is 825. The van der Waals surface area contributed by atoms with Crippen LogP contribution in [0, 0.1) is 5.82 Å². The molecule has 0 bridgehead atoms. The fourth-order valence-corrected chi connectivity index (χ4v) is 2.71. The van der Waals surface area contributed by atoms with Gasteiger partial charge in [0.05, 0.1) is 6.42 Å². The quantitative estimate of drug-likeness (QED) is 0.768. The molecular weight excluding hydrogens is 291 g/mol. The normalized spacial score (nSPS) is 10.9. The van der Waals surface area contributed by atoms with Gasteiger partial charge in [-0.1, -0.05) is 30.3 Å². The summed E-state index contributed by atoms with van der Waals surface area (Å²) in [7, 11) is 1.79. The van der Waals surface area contributed by atoms with Crippen LogP contribution in [0.5, 0.6) is 0 Å². The summed E-state index contributed by atoms with van der Waals surface area (Å²) in [5, 5.41) is 1.19. The maximum absolute atomic E-state index is 13.2. The molecule has 0 saturated heterocycles. The number of carbonyl (C=O) groups is 1. The van der Waals surface area contributed by atoms with Crippen LogP contribution in [0.4, 0.5) is 4.39 Å². The number of carbonyl (C=O) groups excluding carboxylic acids is 1. The average Bonchev–Trinajstić information content (AvgIpc) is 2.96. The fourth-order valence-electron chi connectivity index (χ4n) is 2.71. The lowest BCUT2D eigenvalue weighted by Crippen LogP contribution is -2.30. The van der Waals surface area contributed by atoms with Crippen LogP contribution in [0.3, 0.4) is 0 Å². The highest BCUT2D eigenvalue weighted by Crippen LogP contribution is 2.18. The van der Waals surface area contributed by atoms with Gasteiger partial charge in [0.2, 0.25) is 5.91 Å². The van der Waals surface area contributed by atoms with E-state index in [0.717, 1.165) is 11.9 Å². The Balaban J connectivity index is 1.60. The molecule has 1 aromatic heterocycles. The Labute approximate surface area is 134 Å². The van der Waals surface area contributed by atoms with Crippen LogP contribution >= 0.6 is 0 Å². The third kappa shape index (κ3) is 3.59. The van der Waals surface area contributed by atoms with E-state index in [2.05, 4.69) is 11.1 Å². The molecule has 23 heavy (non-hydrogen) atoms. The first-order valence-corrected chi connectivity index (χ1v) is 7.67. The van der Waals surface area contributed by atoms with Crippen molar-refractivity contribution in [3.05, 3.63) is 71.7 Å². The SMILES string of the molecule is CN(CCc1c[nH]c2ccccc12)C(=O)Cc1cccc(F)c1. The molecule has 1 heterocycles. The molecule has 0 aliphatic rings. The van der Waals surface area contributed by atoms with Crippen LogP contribution in [-0.2, 0) is 17.6 Å². The molecule has 1 amide bonds. The van der Waals surface area contributed by atoms with Crippen LogP contribution in [0.25, 0.3) is 10.9 Å². The molecule has 3 rings (SSSR count). The van der Waals surface area contributed by atoms with Crippen LogP contribution in [0.15, 0.2) is 54.7 Å². The molecule has 118 valence electrons. The Morgan fingerprint density at radius 3 is 2.83 bits per heavy atom. The second-order valence-electron chi connectivity index (χ2n) is 5.73. The number of H-pyrrole nitrogens is 1. The number of benzene rings is 2. The number of hydrogen-bond donors (Lipinski definition) is 1. The van der Waals surface area contributed by atoms with E-state index < -0.39 is 0 Å². The molecule has 3 aromatic rings. The molecule has 2 aromatic carbocycles. The summed E-state index contributed by atoms with van der Waals surface area (Å²) < 4.78 is 13.2. The van der Waals surface area contributed by atoms with Crippen LogP contribution in [0.1, 0.15) is 11.1 Å². The first-order chi connectivity index (χ1) is 11.1. The van der Waals surface area contributed by atoms with Crippen LogP contribution in [0.2, 0.25) is 0 Å². The third-order valence-corrected chi connectivity index (χ3v) is 4.06. The molecule has 0 aliphatic heterocycles. The van der Waals surface area contributed by atoms with Crippen molar-refractivity contribution in [1.82, 2.24) is 9.88 Å². The standard InChI is InChI=1S/C19H19FN2O/c1-22(19(23)12-14-5-4-6-16(20)11-14)10-9-15-13-21-18-8-3-2-7-17(15)18/h2-8,11,13,21H,9-10,12H2,1H3. The Kier molecular flexibility index (Phi) is 4.42. The minimum Gasteiger partial charge on any atom is -0.361 e. The average molecular weight is 310 g/mol. The zero-order valence-corrected chi connectivity index (χ0v) is 13.1. The molecule has 0 spiro atoms. The van der Waals surface area contributed by atoms with E-state index in [1.54, 1.807) is 24.1 Å². The van der Waals surface area contributed by atoms with E-state index in [4.69, 9.17) is 0 Å². The second kappa shape index (κ2) is 6.65. The number of amides is 1. The number of hydrogen-bond acceptors (Lipinski definition) is 1. The van der Waals surface area contributed by atoms with E-state index >= 15 is 0 Å². The highest BCUT2D eigenvalue weighted by molar-refractivity contribution is 5.83. The van der Waals surface area contributed by atoms with Gasteiger partial charge in [-0.15, -0.1) is 0 Å². The number of fused-ring (bicyclic) bond motifs is 1. The lowest BCUT2D eigenvalue weighted by Gasteiger charge is -2.17. The maximum Gasteiger partial charge on any atom is 0.226 e. The van der Waals surface area contributed by atoms with Crippen molar-refractivity contribution < 1.29 is 9.18 Å². The minimum absolute atomic E-state index is 0.00422. The third-order valence-electron chi connectivity index (χ3n) is 4.06. The number of aromatic amines is 1. The highest BCUT2D eigenvalue weighted by atomic mass is 19.1. The number of nitrogens with one attached hydrogen (secondary N) is 1. The summed E-state index contributed by atoms with van der Waals surface area (Å²) in [6.07, 6.45) is 3.01. The maximum atomic E-state index is 13.2. The van der Waals surface area contributed by atoms with Gasteiger partial charge in [-0.3, -0.25) is 4.79 Å². The summed E-state index contributed by atoms with van der Waals surface area (Å²) in [5.41, 5.74) is 3.01. The van der Waals surface area contributed by atoms with E-state index in [-0.39, 0.29) is 18.1 Å². The van der Waals surface area contributed by atoms with Crippen molar-refractivity contribution >= 4 is 16.8 Å². The second-order valence-corrected chi connectivity index (χ2v) is 5.73. The van der Waals surface area contributed by atoms with Crippen LogP contribution < -0.4 is 0 Å². The van der Waals surface area contributed by atoms with Crippen LogP contribution in [-0.4, -0.2) is 29.4 Å². The smallest absolute Gasteiger partial charge is 0.226 e. The Morgan fingerprint density at radius 1 is 1.17 bits per heavy atom. The van der Waals surface area contributed by atoms with Gasteiger partial charge in [0.25, 0.3) is 0 Å². The van der Waals surface area contributed by atoms with Gasteiger partial charge in [0.1, 0.15) is 5.82 Å². The highest BCUT2D eigenvalue weighted by Gasteiger charge is 2.11.